The number of ether oxygens (including phenoxy) is 3. The third-order valence-corrected chi connectivity index (χ3v) is 4.61. The predicted octanol–water partition coefficient (Wildman–Crippen LogP) is 5.06. The van der Waals surface area contributed by atoms with E-state index in [4.69, 9.17) is 14.2 Å². The Bertz CT molecular complexity index is 1130. The zero-order chi connectivity index (χ0) is 22.2. The summed E-state index contributed by atoms with van der Waals surface area (Å²) in [7, 11) is 4.59. The number of phenolic OH excluding ortho intramolecular Hbond substituents is 1. The molecule has 0 saturated heterocycles. The average molecular weight is 417 g/mol. The van der Waals surface area contributed by atoms with Crippen LogP contribution in [0.3, 0.4) is 0 Å². The number of carbonyl (C=O) groups excluding carboxylic acids is 1. The van der Waals surface area contributed by atoms with Crippen LogP contribution in [0.5, 0.6) is 23.0 Å². The molecule has 0 unspecified atom stereocenters. The Morgan fingerprint density at radius 3 is 2.26 bits per heavy atom. The second kappa shape index (κ2) is 10.1. The van der Waals surface area contributed by atoms with Crippen molar-refractivity contribution < 1.29 is 24.1 Å². The molecule has 0 aliphatic carbocycles. The zero-order valence-electron chi connectivity index (χ0n) is 17.5. The number of methoxy groups -OCH3 is 3. The predicted molar refractivity (Wildman–Crippen MR) is 121 cm³/mol. The van der Waals surface area contributed by atoms with E-state index in [9.17, 15) is 9.90 Å². The molecule has 3 aromatic carbocycles. The van der Waals surface area contributed by atoms with Crippen LogP contribution in [0.2, 0.25) is 0 Å². The van der Waals surface area contributed by atoms with Gasteiger partial charge in [0.15, 0.2) is 17.3 Å². The van der Waals surface area contributed by atoms with Crippen molar-refractivity contribution in [3.63, 3.8) is 0 Å². The van der Waals surface area contributed by atoms with Gasteiger partial charge in [-0.05, 0) is 48.6 Å². The lowest BCUT2D eigenvalue weighted by atomic mass is 10.1. The molecule has 1 N–H and O–H groups in total. The first kappa shape index (κ1) is 21.6. The Kier molecular flexibility index (Phi) is 7.06. The number of para-hydroxylation sites is 2. The van der Waals surface area contributed by atoms with Crippen LogP contribution in [0.1, 0.15) is 21.5 Å². The molecule has 3 aromatic rings. The highest BCUT2D eigenvalue weighted by Gasteiger charge is 2.10. The topological polar surface area (TPSA) is 77.4 Å². The molecule has 158 valence electrons. The first-order chi connectivity index (χ1) is 15.1. The molecule has 0 bridgehead atoms. The van der Waals surface area contributed by atoms with Crippen LogP contribution in [0.4, 0.5) is 5.69 Å². The number of allylic oxidation sites excluding steroid dienone is 1. The highest BCUT2D eigenvalue weighted by Crippen LogP contribution is 2.31. The van der Waals surface area contributed by atoms with E-state index in [1.807, 2.05) is 24.3 Å². The molecule has 0 saturated carbocycles. The third-order valence-electron chi connectivity index (χ3n) is 4.61. The zero-order valence-corrected chi connectivity index (χ0v) is 17.5. The van der Waals surface area contributed by atoms with Gasteiger partial charge in [0.1, 0.15) is 17.2 Å². The normalized spacial score (nSPS) is 11.1. The van der Waals surface area contributed by atoms with Crippen molar-refractivity contribution in [1.82, 2.24) is 0 Å². The van der Waals surface area contributed by atoms with Gasteiger partial charge in [0.05, 0.1) is 21.3 Å². The van der Waals surface area contributed by atoms with Gasteiger partial charge in [-0.25, -0.2) is 0 Å². The third kappa shape index (κ3) is 5.11. The van der Waals surface area contributed by atoms with Crippen LogP contribution >= 0.6 is 0 Å². The highest BCUT2D eigenvalue weighted by atomic mass is 16.5. The molecule has 6 heteroatoms. The number of carbonyl (C=O) groups is 1. The monoisotopic (exact) mass is 417 g/mol. The number of nitrogens with zero attached hydrogens (tertiary/aromatic N) is 1. The molecule has 31 heavy (non-hydrogen) atoms. The molecule has 0 heterocycles. The van der Waals surface area contributed by atoms with E-state index in [0.29, 0.717) is 34.1 Å². The first-order valence-electron chi connectivity index (χ1n) is 9.51. The molecular weight excluding hydrogens is 394 g/mol. The quantitative estimate of drug-likeness (QED) is 0.315. The number of ketones is 1. The van der Waals surface area contributed by atoms with E-state index in [1.165, 1.54) is 26.5 Å². The van der Waals surface area contributed by atoms with Crippen molar-refractivity contribution in [2.45, 2.75) is 0 Å². The van der Waals surface area contributed by atoms with Gasteiger partial charge in [-0.2, -0.15) is 0 Å². The Labute approximate surface area is 181 Å². The van der Waals surface area contributed by atoms with Gasteiger partial charge >= 0.3 is 0 Å². The molecule has 0 aromatic heterocycles. The van der Waals surface area contributed by atoms with Crippen molar-refractivity contribution in [3.05, 3.63) is 83.4 Å². The maximum Gasteiger partial charge on any atom is 0.185 e. The molecule has 0 aliphatic rings. The van der Waals surface area contributed by atoms with E-state index < -0.39 is 0 Å². The van der Waals surface area contributed by atoms with Gasteiger partial charge in [0.25, 0.3) is 0 Å². The number of aromatic hydroxyl groups is 1. The van der Waals surface area contributed by atoms with Crippen LogP contribution in [-0.4, -0.2) is 38.4 Å². The molecule has 0 atom stereocenters. The maximum atomic E-state index is 12.7. The minimum Gasteiger partial charge on any atom is -0.504 e. The molecule has 6 nitrogen and oxygen atoms in total. The van der Waals surface area contributed by atoms with Gasteiger partial charge in [0, 0.05) is 22.9 Å². The van der Waals surface area contributed by atoms with Crippen LogP contribution in [0, 0.1) is 0 Å². The molecule has 0 spiro atoms. The number of phenols is 1. The molecule has 0 amide bonds. The van der Waals surface area contributed by atoms with E-state index in [2.05, 4.69) is 4.99 Å². The number of hydrogen-bond donors (Lipinski definition) is 1. The van der Waals surface area contributed by atoms with Crippen LogP contribution in [-0.2, 0) is 0 Å². The summed E-state index contributed by atoms with van der Waals surface area (Å²) in [5, 5.41) is 10.2. The summed E-state index contributed by atoms with van der Waals surface area (Å²) in [5.41, 5.74) is 2.20. The number of rotatable bonds is 8. The lowest BCUT2D eigenvalue weighted by Crippen LogP contribution is -1.95. The largest absolute Gasteiger partial charge is 0.504 e. The summed E-state index contributed by atoms with van der Waals surface area (Å²) in [5.74, 6) is 1.34. The summed E-state index contributed by atoms with van der Waals surface area (Å²) in [6.07, 6.45) is 4.69. The van der Waals surface area contributed by atoms with E-state index in [-0.39, 0.29) is 11.5 Å². The molecular formula is C25H23NO5. The first-order valence-corrected chi connectivity index (χ1v) is 9.51. The minimum atomic E-state index is -0.186. The van der Waals surface area contributed by atoms with Crippen LogP contribution < -0.4 is 14.2 Å². The average Bonchev–Trinajstić information content (AvgIpc) is 2.81. The summed E-state index contributed by atoms with van der Waals surface area (Å²) in [6.45, 7) is 0. The van der Waals surface area contributed by atoms with Crippen molar-refractivity contribution in [3.8, 4) is 23.0 Å². The van der Waals surface area contributed by atoms with Gasteiger partial charge in [0.2, 0.25) is 0 Å². The standard InChI is InChI=1S/C25H23NO5/c1-29-22-9-5-4-7-17(22)11-13-21(27)18-12-14-23(30-2)20(15-18)26-16-19-8-6-10-24(31-3)25(19)28/h4-16,28H,1-3H3/b13-11+,26-16?. The van der Waals surface area contributed by atoms with Crippen molar-refractivity contribution >= 4 is 23.8 Å². The van der Waals surface area contributed by atoms with E-state index >= 15 is 0 Å². The summed E-state index contributed by atoms with van der Waals surface area (Å²) in [6, 6.07) is 17.6. The lowest BCUT2D eigenvalue weighted by Gasteiger charge is -2.07. The lowest BCUT2D eigenvalue weighted by molar-refractivity contribution is 0.104. The van der Waals surface area contributed by atoms with Crippen LogP contribution in [0.15, 0.2) is 71.7 Å². The second-order valence-corrected chi connectivity index (χ2v) is 6.48. The minimum absolute atomic E-state index is 0.0142. The molecule has 0 fully saturated rings. The Morgan fingerprint density at radius 2 is 1.52 bits per heavy atom. The van der Waals surface area contributed by atoms with Gasteiger partial charge in [-0.1, -0.05) is 24.3 Å². The summed E-state index contributed by atoms with van der Waals surface area (Å²) < 4.78 is 15.8. The molecule has 0 radical (unpaired) electrons. The Balaban J connectivity index is 1.88. The smallest absolute Gasteiger partial charge is 0.185 e. The Hall–Kier alpha value is -4.06. The van der Waals surface area contributed by atoms with Crippen molar-refractivity contribution in [2.24, 2.45) is 4.99 Å². The maximum absolute atomic E-state index is 12.7. The fourth-order valence-electron chi connectivity index (χ4n) is 2.96. The number of benzene rings is 3. The van der Waals surface area contributed by atoms with Crippen molar-refractivity contribution in [2.75, 3.05) is 21.3 Å². The summed E-state index contributed by atoms with van der Waals surface area (Å²) in [4.78, 5) is 17.1. The van der Waals surface area contributed by atoms with E-state index in [0.717, 1.165) is 5.56 Å². The molecule has 0 aliphatic heterocycles. The second-order valence-electron chi connectivity index (χ2n) is 6.48. The number of aliphatic imine (C=N–C) groups is 1. The van der Waals surface area contributed by atoms with Gasteiger partial charge in [-0.3, -0.25) is 9.79 Å². The number of hydrogen-bond acceptors (Lipinski definition) is 6. The van der Waals surface area contributed by atoms with Crippen molar-refractivity contribution in [1.29, 1.82) is 0 Å². The molecule has 3 rings (SSSR count). The Morgan fingerprint density at radius 1 is 0.839 bits per heavy atom. The SMILES string of the molecule is COc1ccccc1/C=C/C(=O)c1ccc(OC)c(N=Cc2cccc(OC)c2O)c1. The van der Waals surface area contributed by atoms with Crippen LogP contribution in [0.25, 0.3) is 6.08 Å². The fourth-order valence-corrected chi connectivity index (χ4v) is 2.96. The van der Waals surface area contributed by atoms with Gasteiger partial charge < -0.3 is 19.3 Å². The van der Waals surface area contributed by atoms with Gasteiger partial charge in [-0.15, -0.1) is 0 Å². The van der Waals surface area contributed by atoms with E-state index in [1.54, 1.807) is 49.6 Å². The highest BCUT2D eigenvalue weighted by molar-refractivity contribution is 6.07. The fraction of sp³-hybridized carbons (Fsp3) is 0.120. The summed E-state index contributed by atoms with van der Waals surface area (Å²) >= 11 is 0.